The summed E-state index contributed by atoms with van der Waals surface area (Å²) in [5.74, 6) is 0.0172. The van der Waals surface area contributed by atoms with Crippen molar-refractivity contribution in [3.05, 3.63) is 59.4 Å². The van der Waals surface area contributed by atoms with Crippen molar-refractivity contribution in [1.29, 1.82) is 0 Å². The largest absolute Gasteiger partial charge is 0.377 e. The van der Waals surface area contributed by atoms with Crippen LogP contribution in [0.1, 0.15) is 34.1 Å². The molecule has 0 aliphatic heterocycles. The average molecular weight is 281 g/mol. The lowest BCUT2D eigenvalue weighted by atomic mass is 10.1. The molecule has 1 N–H and O–H groups in total. The molecule has 0 spiro atoms. The van der Waals surface area contributed by atoms with Crippen molar-refractivity contribution in [2.45, 2.75) is 18.9 Å². The summed E-state index contributed by atoms with van der Waals surface area (Å²) in [6.45, 7) is 0. The van der Waals surface area contributed by atoms with Gasteiger partial charge < -0.3 is 10.2 Å². The first-order chi connectivity index (χ1) is 10.1. The van der Waals surface area contributed by atoms with Crippen LogP contribution in [-0.2, 0) is 6.42 Å². The SMILES string of the molecule is CN(C)C(=O)c1cccc(NC2CCc3cccnc32)c1. The molecule has 1 aromatic carbocycles. The highest BCUT2D eigenvalue weighted by atomic mass is 16.2. The number of hydrogen-bond donors (Lipinski definition) is 1. The fourth-order valence-electron chi connectivity index (χ4n) is 2.75. The zero-order valence-electron chi connectivity index (χ0n) is 12.3. The minimum atomic E-state index is 0.0172. The highest BCUT2D eigenvalue weighted by Crippen LogP contribution is 2.32. The molecule has 2 aromatic rings. The molecule has 1 heterocycles. The first kappa shape index (κ1) is 13.6. The molecular formula is C17H19N3O. The van der Waals surface area contributed by atoms with E-state index >= 15 is 0 Å². The quantitative estimate of drug-likeness (QED) is 0.941. The third-order valence-electron chi connectivity index (χ3n) is 3.82. The maximum Gasteiger partial charge on any atom is 0.253 e. The molecule has 0 fully saturated rings. The Balaban J connectivity index is 1.80. The van der Waals surface area contributed by atoms with Crippen molar-refractivity contribution >= 4 is 11.6 Å². The number of rotatable bonds is 3. The number of amides is 1. The number of pyridine rings is 1. The maximum atomic E-state index is 12.0. The Morgan fingerprint density at radius 3 is 2.95 bits per heavy atom. The molecule has 1 amide bonds. The molecule has 0 bridgehead atoms. The van der Waals surface area contributed by atoms with Crippen LogP contribution in [0, 0.1) is 0 Å². The summed E-state index contributed by atoms with van der Waals surface area (Å²) < 4.78 is 0. The Labute approximate surface area is 124 Å². The van der Waals surface area contributed by atoms with Crippen LogP contribution >= 0.6 is 0 Å². The monoisotopic (exact) mass is 281 g/mol. The fourth-order valence-corrected chi connectivity index (χ4v) is 2.75. The van der Waals surface area contributed by atoms with Crippen molar-refractivity contribution < 1.29 is 4.79 Å². The lowest BCUT2D eigenvalue weighted by Gasteiger charge is -2.16. The van der Waals surface area contributed by atoms with Crippen LogP contribution in [0.25, 0.3) is 0 Å². The molecule has 0 radical (unpaired) electrons. The topological polar surface area (TPSA) is 45.2 Å². The fraction of sp³-hybridized carbons (Fsp3) is 0.294. The Bertz CT molecular complexity index is 667. The molecule has 0 saturated carbocycles. The van der Waals surface area contributed by atoms with Gasteiger partial charge in [-0.1, -0.05) is 12.1 Å². The van der Waals surface area contributed by atoms with Gasteiger partial charge in [0.2, 0.25) is 0 Å². The van der Waals surface area contributed by atoms with Crippen molar-refractivity contribution in [3.8, 4) is 0 Å². The predicted molar refractivity (Wildman–Crippen MR) is 83.4 cm³/mol. The highest BCUT2D eigenvalue weighted by molar-refractivity contribution is 5.94. The van der Waals surface area contributed by atoms with Gasteiger partial charge >= 0.3 is 0 Å². The molecule has 4 heteroatoms. The second-order valence-corrected chi connectivity index (χ2v) is 5.56. The van der Waals surface area contributed by atoms with Gasteiger partial charge in [0.1, 0.15) is 0 Å². The first-order valence-corrected chi connectivity index (χ1v) is 7.17. The van der Waals surface area contributed by atoms with Gasteiger partial charge in [0.25, 0.3) is 5.91 Å². The Morgan fingerprint density at radius 1 is 1.29 bits per heavy atom. The van der Waals surface area contributed by atoms with E-state index in [2.05, 4.69) is 16.4 Å². The second-order valence-electron chi connectivity index (χ2n) is 5.56. The smallest absolute Gasteiger partial charge is 0.253 e. The lowest BCUT2D eigenvalue weighted by molar-refractivity contribution is 0.0827. The number of aryl methyl sites for hydroxylation is 1. The number of carbonyl (C=O) groups is 1. The summed E-state index contributed by atoms with van der Waals surface area (Å²) in [5, 5.41) is 3.50. The Kier molecular flexibility index (Phi) is 3.60. The van der Waals surface area contributed by atoms with Crippen LogP contribution in [0.3, 0.4) is 0 Å². The van der Waals surface area contributed by atoms with Crippen molar-refractivity contribution in [1.82, 2.24) is 9.88 Å². The van der Waals surface area contributed by atoms with Gasteiger partial charge in [-0.25, -0.2) is 0 Å². The third-order valence-corrected chi connectivity index (χ3v) is 3.82. The zero-order chi connectivity index (χ0) is 14.8. The van der Waals surface area contributed by atoms with Gasteiger partial charge in [-0.2, -0.15) is 0 Å². The summed E-state index contributed by atoms with van der Waals surface area (Å²) in [5.41, 5.74) is 4.10. The van der Waals surface area contributed by atoms with E-state index in [-0.39, 0.29) is 11.9 Å². The van der Waals surface area contributed by atoms with Crippen LogP contribution in [0.4, 0.5) is 5.69 Å². The van der Waals surface area contributed by atoms with Gasteiger partial charge in [0, 0.05) is 31.5 Å². The highest BCUT2D eigenvalue weighted by Gasteiger charge is 2.23. The number of anilines is 1. The number of carbonyl (C=O) groups excluding carboxylic acids is 1. The zero-order valence-corrected chi connectivity index (χ0v) is 12.3. The van der Waals surface area contributed by atoms with E-state index in [1.807, 2.05) is 36.5 Å². The van der Waals surface area contributed by atoms with E-state index in [1.54, 1.807) is 19.0 Å². The third kappa shape index (κ3) is 2.75. The van der Waals surface area contributed by atoms with E-state index in [4.69, 9.17) is 0 Å². The van der Waals surface area contributed by atoms with Crippen LogP contribution < -0.4 is 5.32 Å². The number of aromatic nitrogens is 1. The molecule has 1 aromatic heterocycles. The van der Waals surface area contributed by atoms with E-state index in [0.717, 1.165) is 24.2 Å². The van der Waals surface area contributed by atoms with Gasteiger partial charge in [-0.05, 0) is 42.7 Å². The molecule has 1 unspecified atom stereocenters. The number of benzene rings is 1. The molecule has 1 aliphatic carbocycles. The number of nitrogens with one attached hydrogen (secondary N) is 1. The summed E-state index contributed by atoms with van der Waals surface area (Å²) in [7, 11) is 3.53. The van der Waals surface area contributed by atoms with E-state index in [1.165, 1.54) is 5.56 Å². The van der Waals surface area contributed by atoms with Gasteiger partial charge in [-0.3, -0.25) is 9.78 Å². The average Bonchev–Trinajstić information content (AvgIpc) is 2.90. The summed E-state index contributed by atoms with van der Waals surface area (Å²) in [6.07, 6.45) is 3.93. The molecule has 0 saturated heterocycles. The molecule has 3 rings (SSSR count). The minimum Gasteiger partial charge on any atom is -0.377 e. The number of nitrogens with zero attached hydrogens (tertiary/aromatic N) is 2. The van der Waals surface area contributed by atoms with Crippen LogP contribution in [0.2, 0.25) is 0 Å². The number of fused-ring (bicyclic) bond motifs is 1. The van der Waals surface area contributed by atoms with E-state index < -0.39 is 0 Å². The first-order valence-electron chi connectivity index (χ1n) is 7.17. The predicted octanol–water partition coefficient (Wildman–Crippen LogP) is 2.88. The van der Waals surface area contributed by atoms with Crippen LogP contribution in [0.15, 0.2) is 42.6 Å². The van der Waals surface area contributed by atoms with Crippen molar-refractivity contribution in [3.63, 3.8) is 0 Å². The molecule has 4 nitrogen and oxygen atoms in total. The van der Waals surface area contributed by atoms with Crippen LogP contribution in [0.5, 0.6) is 0 Å². The summed E-state index contributed by atoms with van der Waals surface area (Å²) in [4.78, 5) is 18.1. The molecule has 21 heavy (non-hydrogen) atoms. The van der Waals surface area contributed by atoms with Crippen molar-refractivity contribution in [2.24, 2.45) is 0 Å². The Hall–Kier alpha value is -2.36. The van der Waals surface area contributed by atoms with Gasteiger partial charge in [-0.15, -0.1) is 0 Å². The van der Waals surface area contributed by atoms with Crippen LogP contribution in [-0.4, -0.2) is 29.9 Å². The molecular weight excluding hydrogens is 262 g/mol. The number of hydrogen-bond acceptors (Lipinski definition) is 3. The summed E-state index contributed by atoms with van der Waals surface area (Å²) in [6, 6.07) is 12.0. The van der Waals surface area contributed by atoms with E-state index in [0.29, 0.717) is 5.56 Å². The molecule has 108 valence electrons. The molecule has 1 atom stereocenters. The second kappa shape index (κ2) is 5.56. The standard InChI is InChI=1S/C17H19N3O/c1-20(2)17(21)13-5-3-7-14(11-13)19-15-9-8-12-6-4-10-18-16(12)15/h3-7,10-11,15,19H,8-9H2,1-2H3. The van der Waals surface area contributed by atoms with Gasteiger partial charge in [0.15, 0.2) is 0 Å². The Morgan fingerprint density at radius 2 is 2.14 bits per heavy atom. The van der Waals surface area contributed by atoms with Crippen molar-refractivity contribution in [2.75, 3.05) is 19.4 Å². The molecule has 1 aliphatic rings. The maximum absolute atomic E-state index is 12.0. The summed E-state index contributed by atoms with van der Waals surface area (Å²) >= 11 is 0. The lowest BCUT2D eigenvalue weighted by Crippen LogP contribution is -2.21. The minimum absolute atomic E-state index is 0.0172. The van der Waals surface area contributed by atoms with Gasteiger partial charge in [0.05, 0.1) is 11.7 Å². The van der Waals surface area contributed by atoms with E-state index in [9.17, 15) is 4.79 Å². The normalized spacial score (nSPS) is 16.4.